The quantitative estimate of drug-likeness (QED) is 0.312. The van der Waals surface area contributed by atoms with Crippen molar-refractivity contribution >= 4 is 75.8 Å². The number of aromatic nitrogens is 3. The van der Waals surface area contributed by atoms with Crippen molar-refractivity contribution in [2.45, 2.75) is 7.59 Å². The van der Waals surface area contributed by atoms with E-state index in [1.54, 1.807) is 24.3 Å². The zero-order chi connectivity index (χ0) is 17.3. The third-order valence-corrected chi connectivity index (χ3v) is 3.53. The fourth-order valence-electron chi connectivity index (χ4n) is 1.54. The molecule has 2 rings (SSSR count). The Morgan fingerprint density at radius 3 is 1.70 bits per heavy atom. The SMILES string of the molecule is O/N=C\c1ccc(-c2nc(C(Cl)(Cl)Cl)nc(C(Cl)(Cl)Cl)n2)cc1. The number of oxime groups is 1. The molecule has 0 amide bonds. The molecule has 5 nitrogen and oxygen atoms in total. The van der Waals surface area contributed by atoms with Crippen molar-refractivity contribution in [2.75, 3.05) is 0 Å². The second kappa shape index (κ2) is 7.13. The van der Waals surface area contributed by atoms with Gasteiger partial charge in [-0.05, 0) is 5.56 Å². The first-order chi connectivity index (χ1) is 10.6. The Kier molecular flexibility index (Phi) is 5.82. The number of benzene rings is 1. The van der Waals surface area contributed by atoms with E-state index in [1.165, 1.54) is 6.21 Å². The molecule has 0 saturated heterocycles. The van der Waals surface area contributed by atoms with Crippen LogP contribution in [0, 0.1) is 0 Å². The molecule has 23 heavy (non-hydrogen) atoms. The van der Waals surface area contributed by atoms with Gasteiger partial charge in [-0.1, -0.05) is 99.0 Å². The standard InChI is InChI=1S/C12H6Cl6N4O/c13-11(14,15)9-20-8(21-10(22-9)12(16,17)18)7-3-1-6(2-4-7)5-19-23/h1-5,23H/b19-5-. The highest BCUT2D eigenvalue weighted by Gasteiger charge is 2.33. The van der Waals surface area contributed by atoms with E-state index in [0.29, 0.717) is 11.1 Å². The molecule has 0 atom stereocenters. The van der Waals surface area contributed by atoms with Gasteiger partial charge in [-0.3, -0.25) is 0 Å². The highest BCUT2D eigenvalue weighted by atomic mass is 35.6. The van der Waals surface area contributed by atoms with E-state index in [1.807, 2.05) is 0 Å². The largest absolute Gasteiger partial charge is 0.411 e. The van der Waals surface area contributed by atoms with Crippen molar-refractivity contribution in [1.29, 1.82) is 0 Å². The molecule has 0 aliphatic carbocycles. The summed E-state index contributed by atoms with van der Waals surface area (Å²) in [6.07, 6.45) is 1.26. The van der Waals surface area contributed by atoms with Gasteiger partial charge >= 0.3 is 0 Å². The van der Waals surface area contributed by atoms with Crippen molar-refractivity contribution in [3.8, 4) is 11.4 Å². The van der Waals surface area contributed by atoms with Gasteiger partial charge in [0.2, 0.25) is 7.59 Å². The van der Waals surface area contributed by atoms with Crippen LogP contribution in [0.3, 0.4) is 0 Å². The Bertz CT molecular complexity index is 692. The molecule has 0 unspecified atom stereocenters. The van der Waals surface area contributed by atoms with Crippen LogP contribution in [-0.4, -0.2) is 26.4 Å². The second-order valence-corrected chi connectivity index (χ2v) is 8.73. The Labute approximate surface area is 161 Å². The molecule has 122 valence electrons. The molecular weight excluding hydrogens is 429 g/mol. The Morgan fingerprint density at radius 2 is 1.30 bits per heavy atom. The van der Waals surface area contributed by atoms with Crippen LogP contribution in [0.4, 0.5) is 0 Å². The summed E-state index contributed by atoms with van der Waals surface area (Å²) in [6.45, 7) is 0. The van der Waals surface area contributed by atoms with Crippen molar-refractivity contribution in [2.24, 2.45) is 5.16 Å². The number of nitrogens with zero attached hydrogens (tertiary/aromatic N) is 4. The maximum Gasteiger partial charge on any atom is 0.250 e. The van der Waals surface area contributed by atoms with Crippen LogP contribution in [0.25, 0.3) is 11.4 Å². The number of hydrogen-bond donors (Lipinski definition) is 1. The van der Waals surface area contributed by atoms with Crippen LogP contribution in [0.2, 0.25) is 0 Å². The Hall–Kier alpha value is -0.560. The maximum atomic E-state index is 8.51. The molecule has 1 aromatic carbocycles. The van der Waals surface area contributed by atoms with Gasteiger partial charge in [-0.15, -0.1) is 0 Å². The number of alkyl halides is 6. The van der Waals surface area contributed by atoms with Gasteiger partial charge in [0.1, 0.15) is 0 Å². The minimum Gasteiger partial charge on any atom is -0.411 e. The predicted octanol–water partition coefficient (Wildman–Crippen LogP) is 5.00. The molecule has 11 heteroatoms. The molecule has 0 aliphatic heterocycles. The van der Waals surface area contributed by atoms with Crippen molar-refractivity contribution in [3.05, 3.63) is 41.5 Å². The Balaban J connectivity index is 2.57. The van der Waals surface area contributed by atoms with E-state index < -0.39 is 7.59 Å². The summed E-state index contributed by atoms with van der Waals surface area (Å²) in [5.41, 5.74) is 1.22. The summed E-state index contributed by atoms with van der Waals surface area (Å²) < 4.78 is -3.82. The molecule has 1 N–H and O–H groups in total. The topological polar surface area (TPSA) is 71.3 Å². The van der Waals surface area contributed by atoms with E-state index in [4.69, 9.17) is 74.8 Å². The van der Waals surface area contributed by atoms with E-state index in [9.17, 15) is 0 Å². The third-order valence-electron chi connectivity index (χ3n) is 2.52. The highest BCUT2D eigenvalue weighted by Crippen LogP contribution is 2.40. The van der Waals surface area contributed by atoms with E-state index in [0.717, 1.165) is 0 Å². The van der Waals surface area contributed by atoms with E-state index in [2.05, 4.69) is 20.1 Å². The lowest BCUT2D eigenvalue weighted by Gasteiger charge is -2.15. The summed E-state index contributed by atoms with van der Waals surface area (Å²) in [5, 5.41) is 11.4. The van der Waals surface area contributed by atoms with Gasteiger partial charge in [0, 0.05) is 5.56 Å². The number of rotatable bonds is 2. The average molecular weight is 435 g/mol. The molecule has 1 heterocycles. The summed E-state index contributed by atoms with van der Waals surface area (Å²) in [6, 6.07) is 6.67. The van der Waals surface area contributed by atoms with Crippen molar-refractivity contribution in [3.63, 3.8) is 0 Å². The second-order valence-electron chi connectivity index (χ2n) is 4.17. The van der Waals surface area contributed by atoms with Gasteiger partial charge in [0.05, 0.1) is 6.21 Å². The highest BCUT2D eigenvalue weighted by molar-refractivity contribution is 6.67. The first kappa shape index (κ1) is 18.8. The fraction of sp³-hybridized carbons (Fsp3) is 0.167. The lowest BCUT2D eigenvalue weighted by atomic mass is 10.1. The predicted molar refractivity (Wildman–Crippen MR) is 93.1 cm³/mol. The van der Waals surface area contributed by atoms with E-state index in [-0.39, 0.29) is 17.5 Å². The average Bonchev–Trinajstić information content (AvgIpc) is 2.46. The van der Waals surface area contributed by atoms with Gasteiger partial charge in [0.25, 0.3) is 0 Å². The molecule has 0 radical (unpaired) electrons. The molecule has 2 aromatic rings. The molecule has 0 spiro atoms. The van der Waals surface area contributed by atoms with Crippen LogP contribution in [-0.2, 0) is 7.59 Å². The van der Waals surface area contributed by atoms with Gasteiger partial charge in [-0.25, -0.2) is 15.0 Å². The smallest absolute Gasteiger partial charge is 0.250 e. The first-order valence-corrected chi connectivity index (χ1v) is 8.06. The molecule has 0 aliphatic rings. The van der Waals surface area contributed by atoms with Crippen LogP contribution < -0.4 is 0 Å². The van der Waals surface area contributed by atoms with Crippen molar-refractivity contribution in [1.82, 2.24) is 15.0 Å². The lowest BCUT2D eigenvalue weighted by Crippen LogP contribution is -2.16. The monoisotopic (exact) mass is 432 g/mol. The number of halogens is 6. The molecule has 0 saturated carbocycles. The zero-order valence-corrected chi connectivity index (χ0v) is 15.4. The molecular formula is C12H6Cl6N4O. The summed E-state index contributed by atoms with van der Waals surface area (Å²) >= 11 is 34.9. The maximum absolute atomic E-state index is 8.51. The normalized spacial score (nSPS) is 12.8. The van der Waals surface area contributed by atoms with E-state index >= 15 is 0 Å². The Morgan fingerprint density at radius 1 is 0.826 bits per heavy atom. The minimum absolute atomic E-state index is 0.162. The van der Waals surface area contributed by atoms with Crippen LogP contribution in [0.15, 0.2) is 29.4 Å². The summed E-state index contributed by atoms with van der Waals surface area (Å²) in [4.78, 5) is 12.1. The van der Waals surface area contributed by atoms with Crippen LogP contribution >= 0.6 is 69.6 Å². The third kappa shape index (κ3) is 4.95. The van der Waals surface area contributed by atoms with Crippen LogP contribution in [0.5, 0.6) is 0 Å². The van der Waals surface area contributed by atoms with Gasteiger partial charge in [-0.2, -0.15) is 0 Å². The zero-order valence-electron chi connectivity index (χ0n) is 10.9. The van der Waals surface area contributed by atoms with Crippen LogP contribution in [0.1, 0.15) is 17.2 Å². The number of hydrogen-bond acceptors (Lipinski definition) is 5. The van der Waals surface area contributed by atoms with Crippen molar-refractivity contribution < 1.29 is 5.21 Å². The first-order valence-electron chi connectivity index (χ1n) is 5.79. The minimum atomic E-state index is -1.91. The fourth-order valence-corrected chi connectivity index (χ4v) is 2.05. The summed E-state index contributed by atoms with van der Waals surface area (Å²) in [5.74, 6) is -0.181. The van der Waals surface area contributed by atoms with Gasteiger partial charge < -0.3 is 5.21 Å². The molecule has 0 bridgehead atoms. The molecule has 0 fully saturated rings. The molecule has 1 aromatic heterocycles. The lowest BCUT2D eigenvalue weighted by molar-refractivity contribution is 0.322. The summed E-state index contributed by atoms with van der Waals surface area (Å²) in [7, 11) is 0. The van der Waals surface area contributed by atoms with Gasteiger partial charge in [0.15, 0.2) is 17.5 Å².